The lowest BCUT2D eigenvalue weighted by Crippen LogP contribution is -2.14. The van der Waals surface area contributed by atoms with Crippen LogP contribution in [0.1, 0.15) is 5.69 Å². The first kappa shape index (κ1) is 13.5. The largest absolute Gasteiger partial charge is 0.433 e. The van der Waals surface area contributed by atoms with Crippen LogP contribution in [0, 0.1) is 0 Å². The first-order valence-corrected chi connectivity index (χ1v) is 5.60. The highest BCUT2D eigenvalue weighted by atomic mass is 79.9. The molecule has 0 saturated heterocycles. The van der Waals surface area contributed by atoms with Crippen molar-refractivity contribution in [2.75, 3.05) is 0 Å². The van der Waals surface area contributed by atoms with Gasteiger partial charge in [-0.3, -0.25) is 4.79 Å². The van der Waals surface area contributed by atoms with E-state index in [2.05, 4.69) is 30.7 Å². The minimum Gasteiger partial charge on any atom is -0.408 e. The number of hydrogen-bond donors (Lipinski definition) is 0. The Kier molecular flexibility index (Phi) is 3.56. The van der Waals surface area contributed by atoms with Gasteiger partial charge in [0.2, 0.25) is 5.88 Å². The van der Waals surface area contributed by atoms with Crippen molar-refractivity contribution in [1.82, 2.24) is 14.8 Å². The van der Waals surface area contributed by atoms with E-state index in [9.17, 15) is 18.0 Å². The minimum absolute atomic E-state index is 0.00182. The lowest BCUT2D eigenvalue weighted by Gasteiger charge is -2.08. The SMILES string of the molecule is O=COc1cc(C(F)(F)F)n(-c2ccc(Br)cn2)n1. The summed E-state index contributed by atoms with van der Waals surface area (Å²) in [5.74, 6) is -0.497. The molecule has 0 aliphatic heterocycles. The molecule has 100 valence electrons. The van der Waals surface area contributed by atoms with Crippen molar-refractivity contribution >= 4 is 22.4 Å². The van der Waals surface area contributed by atoms with E-state index >= 15 is 0 Å². The second-order valence-electron chi connectivity index (χ2n) is 3.33. The lowest BCUT2D eigenvalue weighted by atomic mass is 10.4. The molecule has 5 nitrogen and oxygen atoms in total. The van der Waals surface area contributed by atoms with E-state index in [0.717, 1.165) is 0 Å². The van der Waals surface area contributed by atoms with Gasteiger partial charge in [0.25, 0.3) is 6.47 Å². The highest BCUT2D eigenvalue weighted by Crippen LogP contribution is 2.32. The number of rotatable bonds is 3. The Bertz CT molecular complexity index is 595. The van der Waals surface area contributed by atoms with Crippen molar-refractivity contribution in [3.63, 3.8) is 0 Å². The average molecular weight is 336 g/mol. The molecule has 0 radical (unpaired) electrons. The number of nitrogens with zero attached hydrogens (tertiary/aromatic N) is 3. The van der Waals surface area contributed by atoms with Crippen LogP contribution in [0.3, 0.4) is 0 Å². The number of ether oxygens (including phenoxy) is 1. The summed E-state index contributed by atoms with van der Waals surface area (Å²) in [4.78, 5) is 14.0. The number of carbonyl (C=O) groups is 1. The number of carbonyl (C=O) groups excluding carboxylic acids is 1. The van der Waals surface area contributed by atoms with Crippen molar-refractivity contribution in [2.45, 2.75) is 6.18 Å². The molecule has 2 aromatic heterocycles. The molecule has 2 aromatic rings. The minimum atomic E-state index is -4.65. The Balaban J connectivity index is 2.54. The molecule has 0 N–H and O–H groups in total. The van der Waals surface area contributed by atoms with Gasteiger partial charge in [-0.05, 0) is 28.1 Å². The van der Waals surface area contributed by atoms with Crippen molar-refractivity contribution in [2.24, 2.45) is 0 Å². The van der Waals surface area contributed by atoms with Crippen LogP contribution < -0.4 is 4.74 Å². The van der Waals surface area contributed by atoms with Gasteiger partial charge in [0.15, 0.2) is 11.5 Å². The maximum atomic E-state index is 12.8. The topological polar surface area (TPSA) is 57.0 Å². The Morgan fingerprint density at radius 2 is 2.11 bits per heavy atom. The maximum absolute atomic E-state index is 12.8. The normalized spacial score (nSPS) is 11.4. The molecule has 9 heteroatoms. The van der Waals surface area contributed by atoms with Crippen LogP contribution in [-0.4, -0.2) is 21.2 Å². The summed E-state index contributed by atoms with van der Waals surface area (Å²) in [5.41, 5.74) is -1.08. The van der Waals surface area contributed by atoms with Gasteiger partial charge in [0, 0.05) is 16.7 Å². The average Bonchev–Trinajstić information content (AvgIpc) is 2.74. The summed E-state index contributed by atoms with van der Waals surface area (Å²) in [7, 11) is 0. The van der Waals surface area contributed by atoms with Gasteiger partial charge in [-0.25, -0.2) is 9.67 Å². The monoisotopic (exact) mass is 335 g/mol. The van der Waals surface area contributed by atoms with E-state index in [1.54, 1.807) is 0 Å². The summed E-state index contributed by atoms with van der Waals surface area (Å²) >= 11 is 3.12. The predicted octanol–water partition coefficient (Wildman–Crippen LogP) is 2.58. The molecule has 2 rings (SSSR count). The summed E-state index contributed by atoms with van der Waals surface area (Å²) in [6.07, 6.45) is -3.32. The van der Waals surface area contributed by atoms with E-state index in [-0.39, 0.29) is 12.3 Å². The van der Waals surface area contributed by atoms with Crippen LogP contribution in [0.2, 0.25) is 0 Å². The summed E-state index contributed by atoms with van der Waals surface area (Å²) < 4.78 is 44.0. The Labute approximate surface area is 113 Å². The Morgan fingerprint density at radius 3 is 2.63 bits per heavy atom. The fourth-order valence-corrected chi connectivity index (χ4v) is 1.57. The fraction of sp³-hybridized carbons (Fsp3) is 0.100. The van der Waals surface area contributed by atoms with E-state index in [1.807, 2.05) is 0 Å². The van der Waals surface area contributed by atoms with Gasteiger partial charge >= 0.3 is 6.18 Å². The zero-order valence-corrected chi connectivity index (χ0v) is 10.6. The van der Waals surface area contributed by atoms with Crippen molar-refractivity contribution in [1.29, 1.82) is 0 Å². The zero-order chi connectivity index (χ0) is 14.0. The van der Waals surface area contributed by atoms with Gasteiger partial charge in [-0.1, -0.05) is 0 Å². The molecule has 2 heterocycles. The lowest BCUT2D eigenvalue weighted by molar-refractivity contribution is -0.143. The molecule has 0 aromatic carbocycles. The quantitative estimate of drug-likeness (QED) is 0.809. The van der Waals surface area contributed by atoms with Crippen molar-refractivity contribution < 1.29 is 22.7 Å². The molecule has 0 aliphatic rings. The molecule has 0 bridgehead atoms. The molecule has 0 spiro atoms. The fourth-order valence-electron chi connectivity index (χ4n) is 1.34. The number of alkyl halides is 3. The first-order valence-electron chi connectivity index (χ1n) is 4.81. The maximum Gasteiger partial charge on any atom is 0.433 e. The third-order valence-electron chi connectivity index (χ3n) is 2.08. The Morgan fingerprint density at radius 1 is 1.37 bits per heavy atom. The van der Waals surface area contributed by atoms with Crippen LogP contribution in [-0.2, 0) is 11.0 Å². The van der Waals surface area contributed by atoms with E-state index in [1.165, 1.54) is 18.3 Å². The van der Waals surface area contributed by atoms with Crippen molar-refractivity contribution in [3.8, 4) is 11.7 Å². The molecule has 0 atom stereocenters. The highest BCUT2D eigenvalue weighted by molar-refractivity contribution is 9.10. The Hall–Kier alpha value is -1.90. The van der Waals surface area contributed by atoms with Gasteiger partial charge in [0.05, 0.1) is 0 Å². The number of hydrogen-bond acceptors (Lipinski definition) is 4. The summed E-state index contributed by atoms with van der Waals surface area (Å²) in [6, 6.07) is 3.49. The standard InChI is InChI=1S/C10H5BrF3N3O2/c11-6-1-2-8(15-4-6)17-7(10(12,13)14)3-9(16-17)19-5-18/h1-5H. The second-order valence-corrected chi connectivity index (χ2v) is 4.24. The molecule has 19 heavy (non-hydrogen) atoms. The molecule has 0 aliphatic carbocycles. The second kappa shape index (κ2) is 5.00. The molecule has 0 fully saturated rings. The van der Waals surface area contributed by atoms with Crippen molar-refractivity contribution in [3.05, 3.63) is 34.6 Å². The zero-order valence-electron chi connectivity index (χ0n) is 9.06. The highest BCUT2D eigenvalue weighted by Gasteiger charge is 2.37. The third-order valence-corrected chi connectivity index (χ3v) is 2.54. The van der Waals surface area contributed by atoms with Crippen LogP contribution in [0.5, 0.6) is 5.88 Å². The number of pyridine rings is 1. The van der Waals surface area contributed by atoms with Crippen LogP contribution >= 0.6 is 15.9 Å². The van der Waals surface area contributed by atoms with Gasteiger partial charge in [0.1, 0.15) is 0 Å². The predicted molar refractivity (Wildman–Crippen MR) is 60.8 cm³/mol. The third kappa shape index (κ3) is 2.92. The molecule has 0 unspecified atom stereocenters. The van der Waals surface area contributed by atoms with Gasteiger partial charge < -0.3 is 4.74 Å². The smallest absolute Gasteiger partial charge is 0.408 e. The van der Waals surface area contributed by atoms with E-state index < -0.39 is 17.8 Å². The molecular weight excluding hydrogens is 331 g/mol. The van der Waals surface area contributed by atoms with Crippen LogP contribution in [0.4, 0.5) is 13.2 Å². The van der Waals surface area contributed by atoms with Gasteiger partial charge in [-0.2, -0.15) is 13.2 Å². The summed E-state index contributed by atoms with van der Waals surface area (Å²) in [5, 5.41) is 3.53. The molecule has 0 amide bonds. The van der Waals surface area contributed by atoms with E-state index in [4.69, 9.17) is 0 Å². The number of halogens is 4. The van der Waals surface area contributed by atoms with Crippen LogP contribution in [0.15, 0.2) is 28.9 Å². The van der Waals surface area contributed by atoms with Gasteiger partial charge in [-0.15, -0.1) is 5.10 Å². The molecule has 0 saturated carbocycles. The number of aromatic nitrogens is 3. The first-order chi connectivity index (χ1) is 8.91. The summed E-state index contributed by atoms with van der Waals surface area (Å²) in [6.45, 7) is 0.00182. The molecular formula is C10H5BrF3N3O2. The van der Waals surface area contributed by atoms with E-state index in [0.29, 0.717) is 15.2 Å². The van der Waals surface area contributed by atoms with Crippen LogP contribution in [0.25, 0.3) is 5.82 Å².